The van der Waals surface area contributed by atoms with Crippen molar-refractivity contribution in [2.75, 3.05) is 5.32 Å². The molecule has 2 aromatic rings. The van der Waals surface area contributed by atoms with Crippen molar-refractivity contribution < 1.29 is 0 Å². The molecule has 2 aromatic heterocycles. The normalized spacial score (nSPS) is 11.9. The standard InChI is InChI=1S/C14H20N4OS/c1-8(2)15-13-18-17-12(20-13)9-6-7-10(14(3,4)5)16-11(9)19/h6-8H,1-5H3,(H,15,18)(H,16,19). The van der Waals surface area contributed by atoms with Crippen LogP contribution in [0.4, 0.5) is 5.13 Å². The van der Waals surface area contributed by atoms with E-state index in [0.29, 0.717) is 10.6 Å². The molecule has 0 bridgehead atoms. The highest BCUT2D eigenvalue weighted by Crippen LogP contribution is 2.25. The van der Waals surface area contributed by atoms with Crippen LogP contribution in [0.3, 0.4) is 0 Å². The van der Waals surface area contributed by atoms with Crippen LogP contribution in [0.15, 0.2) is 16.9 Å². The fourth-order valence-electron chi connectivity index (χ4n) is 1.72. The van der Waals surface area contributed by atoms with Crippen molar-refractivity contribution in [2.24, 2.45) is 0 Å². The van der Waals surface area contributed by atoms with Gasteiger partial charge in [0.15, 0.2) is 5.01 Å². The lowest BCUT2D eigenvalue weighted by molar-refractivity contribution is 0.567. The van der Waals surface area contributed by atoms with Gasteiger partial charge >= 0.3 is 0 Å². The number of pyridine rings is 1. The van der Waals surface area contributed by atoms with Crippen LogP contribution in [0.2, 0.25) is 0 Å². The Hall–Kier alpha value is -1.69. The van der Waals surface area contributed by atoms with Crippen molar-refractivity contribution in [3.8, 4) is 10.6 Å². The zero-order valence-corrected chi connectivity index (χ0v) is 13.3. The highest BCUT2D eigenvalue weighted by molar-refractivity contribution is 7.18. The number of hydrogen-bond donors (Lipinski definition) is 2. The van der Waals surface area contributed by atoms with Gasteiger partial charge in [-0.15, -0.1) is 10.2 Å². The summed E-state index contributed by atoms with van der Waals surface area (Å²) >= 11 is 1.39. The lowest BCUT2D eigenvalue weighted by Gasteiger charge is -2.18. The first-order valence-electron chi connectivity index (χ1n) is 6.61. The number of nitrogens with zero attached hydrogens (tertiary/aromatic N) is 2. The van der Waals surface area contributed by atoms with E-state index < -0.39 is 0 Å². The molecule has 108 valence electrons. The maximum atomic E-state index is 12.2. The maximum Gasteiger partial charge on any atom is 0.258 e. The van der Waals surface area contributed by atoms with Crippen molar-refractivity contribution in [3.63, 3.8) is 0 Å². The Labute approximate surface area is 122 Å². The Morgan fingerprint density at radius 3 is 2.50 bits per heavy atom. The number of rotatable bonds is 3. The Morgan fingerprint density at radius 2 is 1.95 bits per heavy atom. The summed E-state index contributed by atoms with van der Waals surface area (Å²) in [6.07, 6.45) is 0. The number of H-pyrrole nitrogens is 1. The van der Waals surface area contributed by atoms with E-state index in [1.54, 1.807) is 0 Å². The minimum Gasteiger partial charge on any atom is -0.358 e. The number of hydrogen-bond acceptors (Lipinski definition) is 5. The number of aromatic amines is 1. The van der Waals surface area contributed by atoms with E-state index >= 15 is 0 Å². The summed E-state index contributed by atoms with van der Waals surface area (Å²) in [5, 5.41) is 12.7. The third-order valence-electron chi connectivity index (χ3n) is 2.79. The van der Waals surface area contributed by atoms with E-state index in [4.69, 9.17) is 0 Å². The molecule has 20 heavy (non-hydrogen) atoms. The van der Waals surface area contributed by atoms with Crippen LogP contribution in [0, 0.1) is 0 Å². The smallest absolute Gasteiger partial charge is 0.258 e. The fourth-order valence-corrected chi connectivity index (χ4v) is 2.63. The van der Waals surface area contributed by atoms with Gasteiger partial charge in [-0.1, -0.05) is 32.1 Å². The van der Waals surface area contributed by atoms with Gasteiger partial charge in [0.1, 0.15) is 0 Å². The quantitative estimate of drug-likeness (QED) is 0.912. The highest BCUT2D eigenvalue weighted by Gasteiger charge is 2.17. The lowest BCUT2D eigenvalue weighted by atomic mass is 9.91. The van der Waals surface area contributed by atoms with Gasteiger partial charge in [0, 0.05) is 17.2 Å². The molecule has 0 unspecified atom stereocenters. The molecule has 0 aromatic carbocycles. The predicted molar refractivity (Wildman–Crippen MR) is 83.4 cm³/mol. The molecule has 0 radical (unpaired) electrons. The third-order valence-corrected chi connectivity index (χ3v) is 3.67. The summed E-state index contributed by atoms with van der Waals surface area (Å²) in [5.74, 6) is 0. The molecule has 0 spiro atoms. The first-order chi connectivity index (χ1) is 9.27. The van der Waals surface area contributed by atoms with Gasteiger partial charge < -0.3 is 10.3 Å². The first kappa shape index (κ1) is 14.7. The summed E-state index contributed by atoms with van der Waals surface area (Å²) in [6.45, 7) is 10.3. The average Bonchev–Trinajstić information content (AvgIpc) is 2.75. The minimum absolute atomic E-state index is 0.0802. The molecule has 0 aliphatic carbocycles. The molecule has 5 nitrogen and oxygen atoms in total. The Kier molecular flexibility index (Phi) is 3.94. The molecule has 0 atom stereocenters. The molecular weight excluding hydrogens is 272 g/mol. The van der Waals surface area contributed by atoms with Crippen LogP contribution >= 0.6 is 11.3 Å². The summed E-state index contributed by atoms with van der Waals surface area (Å²) in [4.78, 5) is 15.1. The van der Waals surface area contributed by atoms with Crippen molar-refractivity contribution in [1.82, 2.24) is 15.2 Å². The zero-order valence-electron chi connectivity index (χ0n) is 12.4. The first-order valence-corrected chi connectivity index (χ1v) is 7.43. The summed E-state index contributed by atoms with van der Waals surface area (Å²) < 4.78 is 0. The van der Waals surface area contributed by atoms with Gasteiger partial charge in [-0.2, -0.15) is 0 Å². The van der Waals surface area contributed by atoms with E-state index in [2.05, 4.69) is 41.3 Å². The average molecular weight is 292 g/mol. The molecule has 0 saturated carbocycles. The van der Waals surface area contributed by atoms with Gasteiger partial charge in [-0.25, -0.2) is 0 Å². The van der Waals surface area contributed by atoms with Gasteiger partial charge in [0.25, 0.3) is 5.56 Å². The number of aromatic nitrogens is 3. The Morgan fingerprint density at radius 1 is 1.25 bits per heavy atom. The van der Waals surface area contributed by atoms with Crippen LogP contribution in [0.1, 0.15) is 40.3 Å². The molecule has 0 aliphatic heterocycles. The van der Waals surface area contributed by atoms with Crippen LogP contribution in [0.5, 0.6) is 0 Å². The molecule has 2 heterocycles. The molecule has 6 heteroatoms. The van der Waals surface area contributed by atoms with Gasteiger partial charge in [0.2, 0.25) is 5.13 Å². The second-order valence-electron chi connectivity index (χ2n) is 6.08. The minimum atomic E-state index is -0.121. The largest absolute Gasteiger partial charge is 0.358 e. The summed E-state index contributed by atoms with van der Waals surface area (Å²) in [7, 11) is 0. The van der Waals surface area contributed by atoms with Crippen LogP contribution in [-0.2, 0) is 5.41 Å². The third kappa shape index (κ3) is 3.25. The van der Waals surface area contributed by atoms with E-state index in [1.807, 2.05) is 26.0 Å². The van der Waals surface area contributed by atoms with Crippen molar-refractivity contribution in [1.29, 1.82) is 0 Å². The molecular formula is C14H20N4OS. The van der Waals surface area contributed by atoms with Crippen LogP contribution in [-0.4, -0.2) is 21.2 Å². The Balaban J connectivity index is 2.34. The van der Waals surface area contributed by atoms with E-state index in [9.17, 15) is 4.79 Å². The fraction of sp³-hybridized carbons (Fsp3) is 0.500. The highest BCUT2D eigenvalue weighted by atomic mass is 32.1. The maximum absolute atomic E-state index is 12.2. The van der Waals surface area contributed by atoms with E-state index in [1.165, 1.54) is 11.3 Å². The number of anilines is 1. The topological polar surface area (TPSA) is 70.7 Å². The second-order valence-corrected chi connectivity index (χ2v) is 7.05. The predicted octanol–water partition coefficient (Wildman–Crippen LogP) is 3.01. The summed E-state index contributed by atoms with van der Waals surface area (Å²) in [5.41, 5.74) is 1.27. The SMILES string of the molecule is CC(C)Nc1nnc(-c2ccc(C(C)(C)C)[nH]c2=O)s1. The van der Waals surface area contributed by atoms with Crippen molar-refractivity contribution >= 4 is 16.5 Å². The molecule has 2 rings (SSSR count). The monoisotopic (exact) mass is 292 g/mol. The van der Waals surface area contributed by atoms with E-state index in [0.717, 1.165) is 10.8 Å². The summed E-state index contributed by atoms with van der Waals surface area (Å²) in [6, 6.07) is 4.05. The zero-order chi connectivity index (χ0) is 14.9. The van der Waals surface area contributed by atoms with Crippen molar-refractivity contribution in [3.05, 3.63) is 28.2 Å². The molecule has 0 amide bonds. The number of nitrogens with one attached hydrogen (secondary N) is 2. The van der Waals surface area contributed by atoms with Crippen LogP contribution < -0.4 is 10.9 Å². The van der Waals surface area contributed by atoms with Gasteiger partial charge in [-0.3, -0.25) is 4.79 Å². The molecule has 0 aliphatic rings. The molecule has 0 fully saturated rings. The molecule has 0 saturated heterocycles. The molecule has 2 N–H and O–H groups in total. The second kappa shape index (κ2) is 5.36. The van der Waals surface area contributed by atoms with E-state index in [-0.39, 0.29) is 17.0 Å². The van der Waals surface area contributed by atoms with Crippen LogP contribution in [0.25, 0.3) is 10.6 Å². The van der Waals surface area contributed by atoms with Gasteiger partial charge in [0.05, 0.1) is 5.56 Å². The van der Waals surface area contributed by atoms with Gasteiger partial charge in [-0.05, 0) is 26.0 Å². The van der Waals surface area contributed by atoms with Crippen molar-refractivity contribution in [2.45, 2.75) is 46.1 Å². The Bertz CT molecular complexity index is 652. The lowest BCUT2D eigenvalue weighted by Crippen LogP contribution is -2.20.